The predicted molar refractivity (Wildman–Crippen MR) is 30.9 cm³/mol. The first-order chi connectivity index (χ1) is 4.70. The first-order valence-corrected chi connectivity index (χ1v) is 3.06. The van der Waals surface area contributed by atoms with Gasteiger partial charge in [0.2, 0.25) is 0 Å². The van der Waals surface area contributed by atoms with Gasteiger partial charge < -0.3 is 0 Å². The largest absolute Gasteiger partial charge is 0.285 e. The smallest absolute Gasteiger partial charge is 0.256 e. The second-order valence-electron chi connectivity index (χ2n) is 2.55. The predicted octanol–water partition coefficient (Wildman–Crippen LogP) is 1.53. The van der Waals surface area contributed by atoms with Gasteiger partial charge in [0.15, 0.2) is 0 Å². The molecule has 1 fully saturated rings. The van der Waals surface area contributed by atoms with Crippen LogP contribution >= 0.6 is 0 Å². The summed E-state index contributed by atoms with van der Waals surface area (Å²) in [5.41, 5.74) is 0.616. The van der Waals surface area contributed by atoms with Crippen LogP contribution in [0.2, 0.25) is 0 Å². The maximum atomic E-state index is 12.3. The molecule has 1 aromatic heterocycles. The van der Waals surface area contributed by atoms with Gasteiger partial charge in [-0.1, -0.05) is 0 Å². The maximum Gasteiger partial charge on any atom is 0.256 e. The van der Waals surface area contributed by atoms with Crippen LogP contribution in [0.15, 0.2) is 12.4 Å². The minimum absolute atomic E-state index is 0.0213. The van der Waals surface area contributed by atoms with Gasteiger partial charge in [0.05, 0.1) is 12.1 Å². The number of halogens is 2. The van der Waals surface area contributed by atoms with Gasteiger partial charge in [-0.05, 0) is 5.56 Å². The van der Waals surface area contributed by atoms with Crippen LogP contribution in [0.5, 0.6) is 0 Å². The van der Waals surface area contributed by atoms with E-state index in [1.165, 1.54) is 12.4 Å². The topological polar surface area (TPSA) is 28.7 Å². The Morgan fingerprint density at radius 3 is 2.80 bits per heavy atom. The van der Waals surface area contributed by atoms with E-state index in [9.17, 15) is 8.78 Å². The van der Waals surface area contributed by atoms with Gasteiger partial charge in [0.25, 0.3) is 5.92 Å². The molecule has 1 heterocycles. The van der Waals surface area contributed by atoms with Crippen molar-refractivity contribution in [2.24, 2.45) is 0 Å². The quantitative estimate of drug-likeness (QED) is 0.636. The second kappa shape index (κ2) is 1.56. The molecule has 0 aliphatic heterocycles. The van der Waals surface area contributed by atoms with Gasteiger partial charge in [0, 0.05) is 12.6 Å². The van der Waals surface area contributed by atoms with E-state index in [0.29, 0.717) is 5.56 Å². The lowest BCUT2D eigenvalue weighted by atomic mass is 10.2. The molecule has 0 aromatic carbocycles. The zero-order valence-electron chi connectivity index (χ0n) is 5.14. The molecule has 0 saturated heterocycles. The molecule has 1 N–H and O–H groups in total. The molecule has 4 heteroatoms. The summed E-state index contributed by atoms with van der Waals surface area (Å²) in [6.07, 6.45) is 2.95. The van der Waals surface area contributed by atoms with Crippen LogP contribution in [0.3, 0.4) is 0 Å². The lowest BCUT2D eigenvalue weighted by molar-refractivity contribution is 0.112. The fourth-order valence-electron chi connectivity index (χ4n) is 1.03. The highest BCUT2D eigenvalue weighted by atomic mass is 19.3. The Bertz CT molecular complexity index is 230. The first-order valence-electron chi connectivity index (χ1n) is 3.06. The number of aromatic amines is 1. The Morgan fingerprint density at radius 2 is 2.40 bits per heavy atom. The molecule has 1 unspecified atom stereocenters. The number of alkyl halides is 2. The van der Waals surface area contributed by atoms with E-state index >= 15 is 0 Å². The number of nitrogens with one attached hydrogen (secondary N) is 1. The van der Waals surface area contributed by atoms with Gasteiger partial charge in [-0.3, -0.25) is 5.10 Å². The Labute approximate surface area is 56.2 Å². The minimum atomic E-state index is -2.47. The summed E-state index contributed by atoms with van der Waals surface area (Å²) in [4.78, 5) is 0. The van der Waals surface area contributed by atoms with Gasteiger partial charge in [-0.15, -0.1) is 0 Å². The second-order valence-corrected chi connectivity index (χ2v) is 2.55. The molecule has 0 spiro atoms. The van der Waals surface area contributed by atoms with E-state index in [1.807, 2.05) is 0 Å². The number of nitrogens with zero attached hydrogens (tertiary/aromatic N) is 1. The number of rotatable bonds is 1. The molecule has 0 radical (unpaired) electrons. The Kier molecular flexibility index (Phi) is 0.910. The SMILES string of the molecule is FC1(F)CC1c1cn[nH]c1. The monoisotopic (exact) mass is 144 g/mol. The molecular formula is C6H6F2N2. The molecule has 0 bridgehead atoms. The van der Waals surface area contributed by atoms with E-state index in [2.05, 4.69) is 10.2 Å². The third kappa shape index (κ3) is 0.716. The van der Waals surface area contributed by atoms with Crippen molar-refractivity contribution >= 4 is 0 Å². The van der Waals surface area contributed by atoms with Crippen molar-refractivity contribution in [3.05, 3.63) is 18.0 Å². The van der Waals surface area contributed by atoms with Crippen molar-refractivity contribution in [1.29, 1.82) is 0 Å². The standard InChI is InChI=1S/C6H6F2N2/c7-6(8)1-5(6)4-2-9-10-3-4/h2-3,5H,1H2,(H,9,10). The summed E-state index contributed by atoms with van der Waals surface area (Å²) in [6, 6.07) is 0. The normalized spacial score (nSPS) is 28.4. The average Bonchev–Trinajstić information content (AvgIpc) is 2.31. The third-order valence-corrected chi connectivity index (χ3v) is 1.75. The van der Waals surface area contributed by atoms with E-state index < -0.39 is 11.8 Å². The van der Waals surface area contributed by atoms with Crippen molar-refractivity contribution in [2.45, 2.75) is 18.3 Å². The minimum Gasteiger partial charge on any atom is -0.285 e. The summed E-state index contributed by atoms with van der Waals surface area (Å²) in [6.45, 7) is 0. The van der Waals surface area contributed by atoms with Crippen LogP contribution in [0.4, 0.5) is 8.78 Å². The zero-order valence-corrected chi connectivity index (χ0v) is 5.14. The van der Waals surface area contributed by atoms with Gasteiger partial charge >= 0.3 is 0 Å². The number of hydrogen-bond acceptors (Lipinski definition) is 1. The van der Waals surface area contributed by atoms with Crippen molar-refractivity contribution in [1.82, 2.24) is 10.2 Å². The molecule has 10 heavy (non-hydrogen) atoms. The van der Waals surface area contributed by atoms with Crippen LogP contribution in [0.25, 0.3) is 0 Å². The van der Waals surface area contributed by atoms with Crippen LogP contribution in [-0.2, 0) is 0 Å². The molecule has 2 nitrogen and oxygen atoms in total. The summed E-state index contributed by atoms with van der Waals surface area (Å²) in [7, 11) is 0. The summed E-state index contributed by atoms with van der Waals surface area (Å²) < 4.78 is 24.6. The fraction of sp³-hybridized carbons (Fsp3) is 0.500. The molecule has 1 aliphatic rings. The van der Waals surface area contributed by atoms with Crippen molar-refractivity contribution < 1.29 is 8.78 Å². The average molecular weight is 144 g/mol. The van der Waals surface area contributed by atoms with Gasteiger partial charge in [-0.25, -0.2) is 8.78 Å². The van der Waals surface area contributed by atoms with Crippen molar-refractivity contribution in [3.63, 3.8) is 0 Å². The lowest BCUT2D eigenvalue weighted by Gasteiger charge is -1.89. The van der Waals surface area contributed by atoms with Gasteiger partial charge in [0.1, 0.15) is 0 Å². The molecule has 1 saturated carbocycles. The van der Waals surface area contributed by atoms with E-state index in [4.69, 9.17) is 0 Å². The lowest BCUT2D eigenvalue weighted by Crippen LogP contribution is -1.90. The first kappa shape index (κ1) is 5.82. The summed E-state index contributed by atoms with van der Waals surface area (Å²) in [5.74, 6) is -3.05. The highest BCUT2D eigenvalue weighted by molar-refractivity contribution is 5.23. The number of H-pyrrole nitrogens is 1. The third-order valence-electron chi connectivity index (χ3n) is 1.75. The number of aromatic nitrogens is 2. The summed E-state index contributed by atoms with van der Waals surface area (Å²) >= 11 is 0. The van der Waals surface area contributed by atoms with Crippen molar-refractivity contribution in [3.8, 4) is 0 Å². The molecule has 1 aromatic rings. The fourth-order valence-corrected chi connectivity index (χ4v) is 1.03. The Hall–Kier alpha value is -0.930. The molecular weight excluding hydrogens is 138 g/mol. The van der Waals surface area contributed by atoms with Gasteiger partial charge in [-0.2, -0.15) is 5.10 Å². The van der Waals surface area contributed by atoms with E-state index in [0.717, 1.165) is 0 Å². The molecule has 1 atom stereocenters. The van der Waals surface area contributed by atoms with Crippen LogP contribution < -0.4 is 0 Å². The molecule has 54 valence electrons. The van der Waals surface area contributed by atoms with Crippen LogP contribution in [0.1, 0.15) is 17.9 Å². The van der Waals surface area contributed by atoms with Crippen LogP contribution in [-0.4, -0.2) is 16.1 Å². The highest BCUT2D eigenvalue weighted by Crippen LogP contribution is 2.55. The Morgan fingerprint density at radius 1 is 1.70 bits per heavy atom. The maximum absolute atomic E-state index is 12.3. The molecule has 0 amide bonds. The molecule has 2 rings (SSSR count). The van der Waals surface area contributed by atoms with E-state index in [-0.39, 0.29) is 6.42 Å². The summed E-state index contributed by atoms with van der Waals surface area (Å²) in [5, 5.41) is 6.10. The van der Waals surface area contributed by atoms with Crippen molar-refractivity contribution in [2.75, 3.05) is 0 Å². The zero-order chi connectivity index (χ0) is 7.19. The highest BCUT2D eigenvalue weighted by Gasteiger charge is 2.57. The molecule has 1 aliphatic carbocycles. The number of hydrogen-bond donors (Lipinski definition) is 1. The van der Waals surface area contributed by atoms with E-state index in [1.54, 1.807) is 0 Å². The van der Waals surface area contributed by atoms with Crippen LogP contribution in [0, 0.1) is 0 Å². The Balaban J connectivity index is 2.19.